The molecule has 0 saturated heterocycles. The molecule has 10 heteroatoms. The highest BCUT2D eigenvalue weighted by Gasteiger charge is 2.14. The van der Waals surface area contributed by atoms with Crippen LogP contribution >= 0.6 is 46.7 Å². The predicted octanol–water partition coefficient (Wildman–Crippen LogP) is 5.94. The first-order valence-corrected chi connectivity index (χ1v) is 12.5. The molecule has 1 aromatic heterocycles. The molecular weight excluding hydrogens is 487 g/mol. The van der Waals surface area contributed by atoms with Gasteiger partial charge in [0, 0.05) is 12.3 Å². The van der Waals surface area contributed by atoms with Crippen molar-refractivity contribution in [2.75, 3.05) is 18.2 Å². The molecule has 0 aliphatic heterocycles. The van der Waals surface area contributed by atoms with Crippen LogP contribution in [0.4, 0.5) is 5.69 Å². The molecular formula is C22H22Cl2N4O2S2. The van der Waals surface area contributed by atoms with Gasteiger partial charge in [-0.05, 0) is 29.8 Å². The van der Waals surface area contributed by atoms with E-state index in [9.17, 15) is 4.79 Å². The summed E-state index contributed by atoms with van der Waals surface area (Å²) in [5.74, 6) is 2.91. The second-order valence-electron chi connectivity index (χ2n) is 6.58. The number of methoxy groups -OCH3 is 1. The summed E-state index contributed by atoms with van der Waals surface area (Å²) < 4.78 is 7.24. The number of hydrogen-bond acceptors (Lipinski definition) is 6. The van der Waals surface area contributed by atoms with Crippen molar-refractivity contribution in [3.05, 3.63) is 76.6 Å². The number of aromatic nitrogens is 3. The Morgan fingerprint density at radius 1 is 1.19 bits per heavy atom. The molecule has 0 unspecified atom stereocenters. The number of amides is 1. The molecule has 0 saturated carbocycles. The number of allylic oxidation sites excluding steroid dienone is 1. The third-order valence-corrected chi connectivity index (χ3v) is 7.01. The van der Waals surface area contributed by atoms with Gasteiger partial charge < -0.3 is 14.6 Å². The van der Waals surface area contributed by atoms with E-state index >= 15 is 0 Å². The smallest absolute Gasteiger partial charge is 0.234 e. The van der Waals surface area contributed by atoms with Gasteiger partial charge in [0.2, 0.25) is 5.91 Å². The number of rotatable bonds is 11. The molecule has 3 rings (SSSR count). The van der Waals surface area contributed by atoms with Gasteiger partial charge in [0.25, 0.3) is 0 Å². The first kappa shape index (κ1) is 24.5. The van der Waals surface area contributed by atoms with E-state index in [2.05, 4.69) is 22.1 Å². The number of ether oxygens (including phenoxy) is 1. The number of halogens is 2. The van der Waals surface area contributed by atoms with Crippen molar-refractivity contribution >= 4 is 58.3 Å². The summed E-state index contributed by atoms with van der Waals surface area (Å²) in [5.41, 5.74) is 1.72. The Morgan fingerprint density at radius 2 is 2.00 bits per heavy atom. The van der Waals surface area contributed by atoms with Gasteiger partial charge in [0.05, 0.1) is 34.3 Å². The number of benzene rings is 2. The van der Waals surface area contributed by atoms with Crippen LogP contribution in [0.15, 0.2) is 60.3 Å². The number of para-hydroxylation sites is 2. The van der Waals surface area contributed by atoms with E-state index in [1.54, 1.807) is 43.1 Å². The largest absolute Gasteiger partial charge is 0.495 e. The Kier molecular flexibility index (Phi) is 9.35. The van der Waals surface area contributed by atoms with Crippen molar-refractivity contribution in [3.63, 3.8) is 0 Å². The average Bonchev–Trinajstić information content (AvgIpc) is 3.17. The highest BCUT2D eigenvalue weighted by Crippen LogP contribution is 2.27. The van der Waals surface area contributed by atoms with E-state index in [1.165, 1.54) is 11.8 Å². The zero-order valence-corrected chi connectivity index (χ0v) is 20.5. The second kappa shape index (κ2) is 12.2. The number of nitrogens with zero attached hydrogens (tertiary/aromatic N) is 3. The monoisotopic (exact) mass is 508 g/mol. The third kappa shape index (κ3) is 6.68. The summed E-state index contributed by atoms with van der Waals surface area (Å²) >= 11 is 15.1. The third-order valence-electron chi connectivity index (χ3n) is 4.30. The van der Waals surface area contributed by atoms with Crippen molar-refractivity contribution in [2.45, 2.75) is 23.2 Å². The van der Waals surface area contributed by atoms with Crippen LogP contribution in [-0.2, 0) is 22.8 Å². The summed E-state index contributed by atoms with van der Waals surface area (Å²) in [5, 5.41) is 13.2. The van der Waals surface area contributed by atoms with E-state index in [4.69, 9.17) is 27.9 Å². The van der Waals surface area contributed by atoms with Gasteiger partial charge in [-0.2, -0.15) is 0 Å². The zero-order chi connectivity index (χ0) is 22.9. The molecule has 1 amide bonds. The lowest BCUT2D eigenvalue weighted by atomic mass is 10.2. The maximum absolute atomic E-state index is 12.4. The Bertz CT molecular complexity index is 1090. The van der Waals surface area contributed by atoms with Gasteiger partial charge in [-0.1, -0.05) is 59.2 Å². The second-order valence-corrected chi connectivity index (χ2v) is 9.32. The lowest BCUT2D eigenvalue weighted by Gasteiger charge is -2.10. The fourth-order valence-corrected chi connectivity index (χ4v) is 4.80. The number of hydrogen-bond donors (Lipinski definition) is 1. The normalized spacial score (nSPS) is 10.7. The summed E-state index contributed by atoms with van der Waals surface area (Å²) in [6, 6.07) is 12.9. The maximum Gasteiger partial charge on any atom is 0.234 e. The highest BCUT2D eigenvalue weighted by atomic mass is 35.5. The van der Waals surface area contributed by atoms with Crippen LogP contribution in [0.1, 0.15) is 11.4 Å². The van der Waals surface area contributed by atoms with Crippen LogP contribution in [-0.4, -0.2) is 33.5 Å². The lowest BCUT2D eigenvalue weighted by molar-refractivity contribution is -0.113. The quantitative estimate of drug-likeness (QED) is 0.255. The molecule has 0 spiro atoms. The molecule has 0 atom stereocenters. The number of nitrogens with one attached hydrogen (secondary N) is 1. The SMILES string of the molecule is C=CCn1c(CSCc2ccc(Cl)c(Cl)c2)nnc1SCC(=O)Nc1ccccc1OC. The lowest BCUT2D eigenvalue weighted by Crippen LogP contribution is -2.15. The number of carbonyl (C=O) groups excluding carboxylic acids is 1. The molecule has 6 nitrogen and oxygen atoms in total. The van der Waals surface area contributed by atoms with Crippen LogP contribution < -0.4 is 10.1 Å². The standard InChI is InChI=1S/C22H22Cl2N4O2S2/c1-3-10-28-20(13-31-12-15-8-9-16(23)17(24)11-15)26-27-22(28)32-14-21(29)25-18-6-4-5-7-19(18)30-2/h3-9,11H,1,10,12-14H2,2H3,(H,25,29). The summed E-state index contributed by atoms with van der Waals surface area (Å²) in [4.78, 5) is 12.4. The van der Waals surface area contributed by atoms with Crippen LogP contribution in [0.5, 0.6) is 5.75 Å². The zero-order valence-electron chi connectivity index (χ0n) is 17.4. The fourth-order valence-electron chi connectivity index (χ4n) is 2.80. The minimum atomic E-state index is -0.150. The molecule has 3 aromatic rings. The minimum Gasteiger partial charge on any atom is -0.495 e. The van der Waals surface area contributed by atoms with E-state index in [-0.39, 0.29) is 11.7 Å². The molecule has 0 aliphatic carbocycles. The van der Waals surface area contributed by atoms with Crippen LogP contribution in [0.25, 0.3) is 0 Å². The van der Waals surface area contributed by atoms with Crippen molar-refractivity contribution in [1.29, 1.82) is 0 Å². The molecule has 0 bridgehead atoms. The molecule has 0 fully saturated rings. The number of anilines is 1. The Hall–Kier alpha value is -2.13. The van der Waals surface area contributed by atoms with E-state index in [0.29, 0.717) is 38.9 Å². The van der Waals surface area contributed by atoms with E-state index < -0.39 is 0 Å². The topological polar surface area (TPSA) is 69.0 Å². The fraction of sp³-hybridized carbons (Fsp3) is 0.227. The van der Waals surface area contributed by atoms with Crippen LogP contribution in [0.2, 0.25) is 10.0 Å². The molecule has 168 valence electrons. The van der Waals surface area contributed by atoms with Crippen molar-refractivity contribution in [3.8, 4) is 5.75 Å². The first-order chi connectivity index (χ1) is 15.5. The van der Waals surface area contributed by atoms with Gasteiger partial charge in [-0.3, -0.25) is 4.79 Å². The van der Waals surface area contributed by atoms with Crippen molar-refractivity contribution in [2.24, 2.45) is 0 Å². The average molecular weight is 509 g/mol. The van der Waals surface area contributed by atoms with E-state index in [0.717, 1.165) is 17.1 Å². The first-order valence-electron chi connectivity index (χ1n) is 9.62. The minimum absolute atomic E-state index is 0.150. The van der Waals surface area contributed by atoms with Gasteiger partial charge in [0.1, 0.15) is 11.6 Å². The maximum atomic E-state index is 12.4. The number of carbonyl (C=O) groups is 1. The van der Waals surface area contributed by atoms with Crippen LogP contribution in [0.3, 0.4) is 0 Å². The van der Waals surface area contributed by atoms with Gasteiger partial charge in [0.15, 0.2) is 5.16 Å². The summed E-state index contributed by atoms with van der Waals surface area (Å²) in [6.45, 7) is 4.38. The molecule has 32 heavy (non-hydrogen) atoms. The molecule has 1 heterocycles. The predicted molar refractivity (Wildman–Crippen MR) is 134 cm³/mol. The summed E-state index contributed by atoms with van der Waals surface area (Å²) in [6.07, 6.45) is 1.79. The Balaban J connectivity index is 1.58. The molecule has 2 aromatic carbocycles. The van der Waals surface area contributed by atoms with Crippen LogP contribution in [0, 0.1) is 0 Å². The van der Waals surface area contributed by atoms with Crippen molar-refractivity contribution in [1.82, 2.24) is 14.8 Å². The summed E-state index contributed by atoms with van der Waals surface area (Å²) in [7, 11) is 1.57. The molecule has 0 radical (unpaired) electrons. The van der Waals surface area contributed by atoms with Gasteiger partial charge in [-0.25, -0.2) is 0 Å². The molecule has 0 aliphatic rings. The highest BCUT2D eigenvalue weighted by molar-refractivity contribution is 7.99. The Morgan fingerprint density at radius 3 is 2.75 bits per heavy atom. The van der Waals surface area contributed by atoms with Crippen molar-refractivity contribution < 1.29 is 9.53 Å². The van der Waals surface area contributed by atoms with E-state index in [1.807, 2.05) is 28.8 Å². The Labute approximate surface area is 205 Å². The van der Waals surface area contributed by atoms with Gasteiger partial charge >= 0.3 is 0 Å². The number of thioether (sulfide) groups is 2. The van der Waals surface area contributed by atoms with Gasteiger partial charge in [-0.15, -0.1) is 28.5 Å². The molecule has 1 N–H and O–H groups in total.